The van der Waals surface area contributed by atoms with Gasteiger partial charge in [-0.2, -0.15) is 5.10 Å². The Bertz CT molecular complexity index is 345. The molecule has 0 amide bonds. The molecule has 0 aromatic carbocycles. The molecule has 5 nitrogen and oxygen atoms in total. The second-order valence-electron chi connectivity index (χ2n) is 3.04. The summed E-state index contributed by atoms with van der Waals surface area (Å²) in [5, 5.41) is 7.23. The number of esters is 1. The van der Waals surface area contributed by atoms with Crippen molar-refractivity contribution < 1.29 is 9.53 Å². The van der Waals surface area contributed by atoms with E-state index < -0.39 is 0 Å². The van der Waals surface area contributed by atoms with Gasteiger partial charge in [0.1, 0.15) is 6.04 Å². The lowest BCUT2D eigenvalue weighted by Crippen LogP contribution is -2.23. The van der Waals surface area contributed by atoms with Crippen molar-refractivity contribution in [2.24, 2.45) is 7.05 Å². The molecule has 1 N–H and O–H groups in total. The minimum atomic E-state index is -0.339. The van der Waals surface area contributed by atoms with Crippen molar-refractivity contribution in [3.63, 3.8) is 0 Å². The fourth-order valence-corrected chi connectivity index (χ4v) is 1.57. The van der Waals surface area contributed by atoms with Gasteiger partial charge < -0.3 is 4.74 Å². The van der Waals surface area contributed by atoms with E-state index >= 15 is 0 Å². The topological polar surface area (TPSA) is 56.1 Å². The normalized spacial score (nSPS) is 20.0. The van der Waals surface area contributed by atoms with Crippen molar-refractivity contribution in [2.75, 3.05) is 7.11 Å². The fourth-order valence-electron chi connectivity index (χ4n) is 1.57. The molecule has 1 aliphatic heterocycles. The Labute approximate surface area is 75.7 Å². The van der Waals surface area contributed by atoms with E-state index in [-0.39, 0.29) is 12.0 Å². The van der Waals surface area contributed by atoms with Crippen LogP contribution in [0.3, 0.4) is 0 Å². The van der Waals surface area contributed by atoms with Crippen LogP contribution in [0.1, 0.15) is 17.3 Å². The number of hydrogen-bond donors (Lipinski definition) is 1. The number of aromatic nitrogens is 2. The summed E-state index contributed by atoms with van der Waals surface area (Å²) in [6.07, 6.45) is 1.84. The predicted molar refractivity (Wildman–Crippen MR) is 44.8 cm³/mol. The maximum Gasteiger partial charge on any atom is 0.327 e. The van der Waals surface area contributed by atoms with E-state index in [2.05, 4.69) is 15.2 Å². The summed E-state index contributed by atoms with van der Waals surface area (Å²) in [5.74, 6) is -0.258. The molecule has 1 aromatic heterocycles. The Kier molecular flexibility index (Phi) is 1.81. The number of nitrogens with zero attached hydrogens (tertiary/aromatic N) is 2. The monoisotopic (exact) mass is 181 g/mol. The molecule has 2 rings (SSSR count). The zero-order valence-electron chi connectivity index (χ0n) is 7.57. The van der Waals surface area contributed by atoms with Crippen LogP contribution in [0.15, 0.2) is 6.20 Å². The van der Waals surface area contributed by atoms with Gasteiger partial charge in [0.2, 0.25) is 0 Å². The summed E-state index contributed by atoms with van der Waals surface area (Å²) in [7, 11) is 3.23. The Morgan fingerprint density at radius 3 is 3.31 bits per heavy atom. The molecule has 0 aliphatic carbocycles. The average molecular weight is 181 g/mol. The first-order chi connectivity index (χ1) is 6.22. The highest BCUT2D eigenvalue weighted by atomic mass is 16.5. The van der Waals surface area contributed by atoms with Crippen LogP contribution in [-0.2, 0) is 23.1 Å². The van der Waals surface area contributed by atoms with Gasteiger partial charge in [-0.25, -0.2) is 4.79 Å². The molecule has 1 unspecified atom stereocenters. The van der Waals surface area contributed by atoms with Crippen molar-refractivity contribution in [3.8, 4) is 0 Å². The quantitative estimate of drug-likeness (QED) is 0.606. The summed E-state index contributed by atoms with van der Waals surface area (Å²) in [4.78, 5) is 11.3. The van der Waals surface area contributed by atoms with Gasteiger partial charge in [0.15, 0.2) is 0 Å². The summed E-state index contributed by atoms with van der Waals surface area (Å²) in [5.41, 5.74) is 1.85. The minimum Gasteiger partial charge on any atom is -0.468 e. The van der Waals surface area contributed by atoms with E-state index in [0.717, 1.165) is 11.3 Å². The lowest BCUT2D eigenvalue weighted by molar-refractivity contribution is -0.143. The molecule has 1 atom stereocenters. The SMILES string of the molecule is COC(=O)C1NCc2nn(C)cc21. The first-order valence-corrected chi connectivity index (χ1v) is 4.06. The summed E-state index contributed by atoms with van der Waals surface area (Å²) in [6.45, 7) is 0.635. The second kappa shape index (κ2) is 2.85. The summed E-state index contributed by atoms with van der Waals surface area (Å²) >= 11 is 0. The molecule has 1 aromatic rings. The third kappa shape index (κ3) is 1.21. The number of aryl methyl sites for hydroxylation is 1. The Morgan fingerprint density at radius 1 is 1.85 bits per heavy atom. The Balaban J connectivity index is 2.32. The lowest BCUT2D eigenvalue weighted by Gasteiger charge is -2.07. The highest BCUT2D eigenvalue weighted by Gasteiger charge is 2.31. The zero-order valence-corrected chi connectivity index (χ0v) is 7.57. The molecule has 0 bridgehead atoms. The molecule has 0 saturated heterocycles. The van der Waals surface area contributed by atoms with E-state index in [1.807, 2.05) is 13.2 Å². The summed E-state index contributed by atoms with van der Waals surface area (Å²) in [6, 6.07) is -0.339. The second-order valence-corrected chi connectivity index (χ2v) is 3.04. The molecule has 0 saturated carbocycles. The van der Waals surface area contributed by atoms with Crippen molar-refractivity contribution in [2.45, 2.75) is 12.6 Å². The molecule has 13 heavy (non-hydrogen) atoms. The molecule has 2 heterocycles. The van der Waals surface area contributed by atoms with Gasteiger partial charge in [0.25, 0.3) is 0 Å². The Morgan fingerprint density at radius 2 is 2.62 bits per heavy atom. The van der Waals surface area contributed by atoms with E-state index in [1.54, 1.807) is 4.68 Å². The van der Waals surface area contributed by atoms with E-state index in [1.165, 1.54) is 7.11 Å². The zero-order chi connectivity index (χ0) is 9.42. The average Bonchev–Trinajstić information content (AvgIpc) is 2.61. The fraction of sp³-hybridized carbons (Fsp3) is 0.500. The van der Waals surface area contributed by atoms with Gasteiger partial charge in [0.05, 0.1) is 12.8 Å². The van der Waals surface area contributed by atoms with Crippen molar-refractivity contribution in [3.05, 3.63) is 17.5 Å². The van der Waals surface area contributed by atoms with Crippen LogP contribution in [0.5, 0.6) is 0 Å². The van der Waals surface area contributed by atoms with Crippen LogP contribution in [-0.4, -0.2) is 22.9 Å². The number of rotatable bonds is 1. The van der Waals surface area contributed by atoms with Gasteiger partial charge in [-0.1, -0.05) is 0 Å². The number of methoxy groups -OCH3 is 1. The molecule has 5 heteroatoms. The molecule has 0 spiro atoms. The molecular formula is C8H11N3O2. The van der Waals surface area contributed by atoms with Crippen LogP contribution in [0.2, 0.25) is 0 Å². The number of carbonyl (C=O) groups is 1. The molecule has 0 radical (unpaired) electrons. The molecule has 0 fully saturated rings. The highest BCUT2D eigenvalue weighted by Crippen LogP contribution is 2.24. The first kappa shape index (κ1) is 8.25. The van der Waals surface area contributed by atoms with Crippen LogP contribution >= 0.6 is 0 Å². The predicted octanol–water partition coefficient (Wildman–Crippen LogP) is -0.263. The lowest BCUT2D eigenvalue weighted by atomic mass is 10.2. The number of fused-ring (bicyclic) bond motifs is 1. The van der Waals surface area contributed by atoms with Crippen LogP contribution in [0, 0.1) is 0 Å². The van der Waals surface area contributed by atoms with Crippen LogP contribution in [0.4, 0.5) is 0 Å². The van der Waals surface area contributed by atoms with Crippen LogP contribution < -0.4 is 5.32 Å². The smallest absolute Gasteiger partial charge is 0.327 e. The maximum absolute atomic E-state index is 11.3. The van der Waals surface area contributed by atoms with Gasteiger partial charge in [-0.15, -0.1) is 0 Å². The van der Waals surface area contributed by atoms with E-state index in [0.29, 0.717) is 6.54 Å². The van der Waals surface area contributed by atoms with Crippen molar-refractivity contribution >= 4 is 5.97 Å². The number of carbonyl (C=O) groups excluding carboxylic acids is 1. The summed E-state index contributed by atoms with van der Waals surface area (Å²) < 4.78 is 6.37. The standard InChI is InChI=1S/C8H11N3O2/c1-11-4-5-6(10-11)3-9-7(5)8(12)13-2/h4,7,9H,3H2,1-2H3. The van der Waals surface area contributed by atoms with Gasteiger partial charge >= 0.3 is 5.97 Å². The molecule has 70 valence electrons. The molecular weight excluding hydrogens is 170 g/mol. The van der Waals surface area contributed by atoms with Crippen molar-refractivity contribution in [1.29, 1.82) is 0 Å². The number of hydrogen-bond acceptors (Lipinski definition) is 4. The number of ether oxygens (including phenoxy) is 1. The highest BCUT2D eigenvalue weighted by molar-refractivity contribution is 5.78. The van der Waals surface area contributed by atoms with E-state index in [9.17, 15) is 4.79 Å². The first-order valence-electron chi connectivity index (χ1n) is 4.06. The van der Waals surface area contributed by atoms with Gasteiger partial charge in [0, 0.05) is 25.4 Å². The maximum atomic E-state index is 11.3. The van der Waals surface area contributed by atoms with Crippen LogP contribution in [0.25, 0.3) is 0 Å². The Hall–Kier alpha value is -1.36. The van der Waals surface area contributed by atoms with Gasteiger partial charge in [-0.3, -0.25) is 10.00 Å². The minimum absolute atomic E-state index is 0.258. The molecule has 1 aliphatic rings. The largest absolute Gasteiger partial charge is 0.468 e. The third-order valence-electron chi connectivity index (χ3n) is 2.16. The van der Waals surface area contributed by atoms with Gasteiger partial charge in [-0.05, 0) is 0 Å². The van der Waals surface area contributed by atoms with E-state index in [4.69, 9.17) is 0 Å². The van der Waals surface area contributed by atoms with Crippen molar-refractivity contribution in [1.82, 2.24) is 15.1 Å². The number of nitrogens with one attached hydrogen (secondary N) is 1. The third-order valence-corrected chi connectivity index (χ3v) is 2.16.